The van der Waals surface area contributed by atoms with Gasteiger partial charge in [0.15, 0.2) is 21.1 Å². The van der Waals surface area contributed by atoms with Crippen molar-refractivity contribution in [2.75, 3.05) is 13.2 Å². The predicted octanol–water partition coefficient (Wildman–Crippen LogP) is 14.7. The number of carbonyl (C=O) groups is 2. The monoisotopic (exact) mass is 995 g/mol. The molecule has 2 aromatic rings. The van der Waals surface area contributed by atoms with Gasteiger partial charge in [-0.05, 0) is 36.8 Å². The molecular formula is C50H82N4O12S2. The van der Waals surface area contributed by atoms with Crippen LogP contribution in [0.1, 0.15) is 227 Å². The summed E-state index contributed by atoms with van der Waals surface area (Å²) in [5.74, 6) is 0.813. The van der Waals surface area contributed by atoms with E-state index in [0.29, 0.717) is 24.3 Å². The van der Waals surface area contributed by atoms with Crippen LogP contribution in [0.25, 0.3) is 9.95 Å². The lowest BCUT2D eigenvalue weighted by Gasteiger charge is -2.28. The van der Waals surface area contributed by atoms with E-state index in [0.717, 1.165) is 37.5 Å². The van der Waals surface area contributed by atoms with E-state index in [1.807, 2.05) is 0 Å². The molecule has 0 radical (unpaired) electrons. The van der Waals surface area contributed by atoms with Gasteiger partial charge in [-0.15, -0.1) is 0 Å². The van der Waals surface area contributed by atoms with Crippen molar-refractivity contribution in [2.24, 2.45) is 11.8 Å². The highest BCUT2D eigenvalue weighted by molar-refractivity contribution is 7.80. The zero-order valence-electron chi connectivity index (χ0n) is 41.0. The molecule has 0 heterocycles. The van der Waals surface area contributed by atoms with Gasteiger partial charge in [-0.1, -0.05) is 218 Å². The van der Waals surface area contributed by atoms with Crippen molar-refractivity contribution in [3.8, 4) is 0 Å². The number of rotatable bonds is 37. The summed E-state index contributed by atoms with van der Waals surface area (Å²) in [5, 5.41) is 18.3. The highest BCUT2D eigenvalue weighted by atomic mass is 32.3. The van der Waals surface area contributed by atoms with Crippen LogP contribution in [-0.4, -0.2) is 60.2 Å². The quantitative estimate of drug-likeness (QED) is 0.0210. The van der Waals surface area contributed by atoms with Gasteiger partial charge in [0.05, 0.1) is 13.2 Å². The smallest absolute Gasteiger partial charge is 0.399 e. The molecule has 0 spiro atoms. The van der Waals surface area contributed by atoms with Gasteiger partial charge >= 0.3 is 23.3 Å². The number of benzene rings is 2. The van der Waals surface area contributed by atoms with Crippen LogP contribution in [0.15, 0.2) is 48.5 Å². The summed E-state index contributed by atoms with van der Waals surface area (Å²) < 4.78 is 76.6. The van der Waals surface area contributed by atoms with Crippen LogP contribution in [0.2, 0.25) is 0 Å². The van der Waals surface area contributed by atoms with Crippen molar-refractivity contribution in [3.05, 3.63) is 69.6 Å². The molecule has 18 heteroatoms. The number of unbranched alkanes of at least 4 members (excludes halogenated alkanes) is 22. The Hall–Kier alpha value is -4.04. The third-order valence-electron chi connectivity index (χ3n) is 11.9. The van der Waals surface area contributed by atoms with E-state index in [1.165, 1.54) is 167 Å². The van der Waals surface area contributed by atoms with E-state index >= 15 is 0 Å². The van der Waals surface area contributed by atoms with Gasteiger partial charge in [-0.25, -0.2) is 26.4 Å². The maximum absolute atomic E-state index is 12.4. The Balaban J connectivity index is 0.00000404. The minimum Gasteiger partial charge on any atom is -0.726 e. The zero-order chi connectivity index (χ0) is 50.7. The molecule has 2 aromatic carbocycles. The van der Waals surface area contributed by atoms with Crippen molar-refractivity contribution in [1.29, 1.82) is 10.8 Å². The Morgan fingerprint density at radius 1 is 0.471 bits per heavy atom. The lowest BCUT2D eigenvalue weighted by atomic mass is 9.78. The maximum Gasteiger partial charge on any atom is 0.399 e. The molecular weight excluding hydrogens is 913 g/mol. The van der Waals surface area contributed by atoms with Crippen LogP contribution in [-0.2, 0) is 30.3 Å². The molecule has 0 aromatic heterocycles. The Morgan fingerprint density at radius 3 is 0.971 bits per heavy atom. The van der Waals surface area contributed by atoms with Gasteiger partial charge in [0, 0.05) is 12.1 Å². The molecule has 386 valence electrons. The first-order valence-corrected chi connectivity index (χ1v) is 27.9. The van der Waals surface area contributed by atoms with Crippen molar-refractivity contribution >= 4 is 44.1 Å². The number of carbonyl (C=O) groups excluding carboxylic acids is 2. The average Bonchev–Trinajstić information content (AvgIpc) is 3.29. The molecule has 0 bridgehead atoms. The molecule has 2 N–H and O–H groups in total. The highest BCUT2D eigenvalue weighted by Crippen LogP contribution is 2.34. The van der Waals surface area contributed by atoms with E-state index in [-0.39, 0.29) is 11.4 Å². The van der Waals surface area contributed by atoms with Crippen molar-refractivity contribution in [1.82, 2.24) is 0 Å². The fraction of sp³-hybridized carbons (Fsp3) is 0.720. The van der Waals surface area contributed by atoms with Crippen LogP contribution in [0.5, 0.6) is 0 Å². The second-order valence-corrected chi connectivity index (χ2v) is 19.2. The van der Waals surface area contributed by atoms with Crippen molar-refractivity contribution < 1.29 is 54.1 Å². The first kappa shape index (κ1) is 64.0. The van der Waals surface area contributed by atoms with Gasteiger partial charge in [0.1, 0.15) is 0 Å². The number of ether oxygens (including phenoxy) is 2. The van der Waals surface area contributed by atoms with Crippen molar-refractivity contribution in [2.45, 2.75) is 206 Å². The number of nitrogens with zero attached hydrogens (tertiary/aromatic N) is 4. The van der Waals surface area contributed by atoms with Gasteiger partial charge in [0.25, 0.3) is 0 Å². The van der Waals surface area contributed by atoms with Crippen LogP contribution < -0.4 is 0 Å². The summed E-state index contributed by atoms with van der Waals surface area (Å²) in [7, 11) is -9.83. The molecule has 0 aliphatic carbocycles. The minimum absolute atomic E-state index is 0.243. The maximum atomic E-state index is 12.4. The van der Waals surface area contributed by atoms with Gasteiger partial charge in [-0.2, -0.15) is 0 Å². The summed E-state index contributed by atoms with van der Waals surface area (Å²) in [6.07, 6.45) is 38.5. The first-order valence-electron chi connectivity index (χ1n) is 25.1. The molecule has 2 atom stereocenters. The van der Waals surface area contributed by atoms with Gasteiger partial charge in [-0.3, -0.25) is 9.11 Å². The third kappa shape index (κ3) is 39.9. The Kier molecular flexibility index (Phi) is 39.4. The van der Waals surface area contributed by atoms with Crippen LogP contribution in [0.4, 0.5) is 11.4 Å². The molecule has 0 aliphatic heterocycles. The molecule has 16 nitrogen and oxygen atoms in total. The summed E-state index contributed by atoms with van der Waals surface area (Å²) >= 11 is 0. The second kappa shape index (κ2) is 41.9. The molecule has 68 heavy (non-hydrogen) atoms. The fourth-order valence-corrected chi connectivity index (χ4v) is 8.34. The SMILES string of the molecule is CCCCCCCCCC(CCCCCCCCOC(=O)c1ccccc1[N+]#N)C(CCCCCCCCC)CCCCCCCCOC(=O)c1ccccc1[N+]#N.O=S(=O)([O-])O.O=S(=O)([O-])O. The Bertz CT molecular complexity index is 1770. The molecule has 2 unspecified atom stereocenters. The van der Waals surface area contributed by atoms with Crippen molar-refractivity contribution in [3.63, 3.8) is 0 Å². The average molecular weight is 995 g/mol. The van der Waals surface area contributed by atoms with Gasteiger partial charge in [0.2, 0.25) is 31.6 Å². The number of hydrogen-bond donors (Lipinski definition) is 2. The Morgan fingerprint density at radius 2 is 0.706 bits per heavy atom. The lowest BCUT2D eigenvalue weighted by molar-refractivity contribution is 0.0489. The fourth-order valence-electron chi connectivity index (χ4n) is 8.34. The largest absolute Gasteiger partial charge is 0.726 e. The predicted molar refractivity (Wildman–Crippen MR) is 264 cm³/mol. The molecule has 0 fully saturated rings. The third-order valence-corrected chi connectivity index (χ3v) is 11.9. The standard InChI is InChI=1S/C50H80N4O4.2H2O4S/c1-3-5-7-9-11-17-23-33-43(35-25-19-13-15-21-31-41-57-49(55)45-37-27-29-39-47(45)53-51)44(34-24-18-12-10-8-6-4-2)36-26-20-14-16-22-32-42-58-50(56)46-38-28-30-40-48(46)54-52;2*1-5(2,3)4/h27-30,37-40,43-44H,3-26,31-36,41-42H2,1-2H3;2*(H2,1,2,3,4)/q+2;;/p-2. The normalized spacial score (nSPS) is 12.0. The molecule has 0 amide bonds. The number of hydrogen-bond acceptors (Lipinski definition) is 12. The van der Waals surface area contributed by atoms with Crippen LogP contribution in [0, 0.1) is 22.6 Å². The summed E-state index contributed by atoms with van der Waals surface area (Å²) in [4.78, 5) is 31.2. The molecule has 0 saturated carbocycles. The van der Waals surface area contributed by atoms with E-state index in [1.54, 1.807) is 48.5 Å². The van der Waals surface area contributed by atoms with E-state index < -0.39 is 32.7 Å². The molecule has 0 aliphatic rings. The first-order chi connectivity index (χ1) is 32.5. The Labute approximate surface area is 408 Å². The summed E-state index contributed by atoms with van der Waals surface area (Å²) in [5.41, 5.74) is 1.09. The minimum atomic E-state index is -4.92. The molecule has 2 rings (SSSR count). The molecule has 0 saturated heterocycles. The van der Waals surface area contributed by atoms with Gasteiger partial charge < -0.3 is 18.6 Å². The second-order valence-electron chi connectivity index (χ2n) is 17.5. The zero-order valence-corrected chi connectivity index (χ0v) is 42.6. The summed E-state index contributed by atoms with van der Waals surface area (Å²) in [6.45, 7) is 5.38. The van der Waals surface area contributed by atoms with Crippen LogP contribution >= 0.6 is 0 Å². The number of diazo groups is 2. The summed E-state index contributed by atoms with van der Waals surface area (Å²) in [6, 6.07) is 13.4. The highest BCUT2D eigenvalue weighted by Gasteiger charge is 2.23. The lowest BCUT2D eigenvalue weighted by Crippen LogP contribution is -2.16. The number of esters is 2. The van der Waals surface area contributed by atoms with E-state index in [9.17, 15) is 9.59 Å². The topological polar surface area (TPSA) is 264 Å². The van der Waals surface area contributed by atoms with E-state index in [4.69, 9.17) is 55.3 Å². The van der Waals surface area contributed by atoms with Crippen LogP contribution in [0.3, 0.4) is 0 Å². The van der Waals surface area contributed by atoms with E-state index in [2.05, 4.69) is 23.8 Å².